The van der Waals surface area contributed by atoms with Gasteiger partial charge in [-0.3, -0.25) is 4.79 Å². The Kier molecular flexibility index (Phi) is 4.72. The molecule has 1 heterocycles. The summed E-state index contributed by atoms with van der Waals surface area (Å²) < 4.78 is 2.32. The van der Waals surface area contributed by atoms with E-state index >= 15 is 0 Å². The zero-order valence-electron chi connectivity index (χ0n) is 17.1. The van der Waals surface area contributed by atoms with Crippen molar-refractivity contribution in [2.75, 3.05) is 5.32 Å². The Hall–Kier alpha value is -3.59. The molecular weight excluding hydrogens is 368 g/mol. The number of nitrogens with zero attached hydrogens (tertiary/aromatic N) is 1. The molecule has 0 saturated heterocycles. The van der Waals surface area contributed by atoms with E-state index in [1.807, 2.05) is 18.2 Å². The fourth-order valence-corrected chi connectivity index (χ4v) is 4.45. The van der Waals surface area contributed by atoms with Gasteiger partial charge in [0.15, 0.2) is 0 Å². The third kappa shape index (κ3) is 3.22. The van der Waals surface area contributed by atoms with E-state index in [1.54, 1.807) is 0 Å². The van der Waals surface area contributed by atoms with Gasteiger partial charge in [-0.15, -0.1) is 0 Å². The second-order valence-electron chi connectivity index (χ2n) is 7.68. The number of aryl methyl sites for hydroxylation is 2. The highest BCUT2D eigenvalue weighted by Crippen LogP contribution is 2.31. The summed E-state index contributed by atoms with van der Waals surface area (Å²) in [5, 5.41) is 7.94. The lowest BCUT2D eigenvalue weighted by atomic mass is 10.0. The molecule has 1 amide bonds. The van der Waals surface area contributed by atoms with Gasteiger partial charge in [0, 0.05) is 40.5 Å². The lowest BCUT2D eigenvalue weighted by Gasteiger charge is -2.08. The van der Waals surface area contributed by atoms with Crippen LogP contribution in [0.2, 0.25) is 0 Å². The monoisotopic (exact) mass is 392 g/mol. The third-order valence-corrected chi connectivity index (χ3v) is 5.87. The topological polar surface area (TPSA) is 34.0 Å². The summed E-state index contributed by atoms with van der Waals surface area (Å²) >= 11 is 0. The molecule has 0 fully saturated rings. The SMILES string of the molecule is CCn1c2ccccc2c2cc(NC(=O)CCc3cccc4ccccc34)ccc21. The number of rotatable bonds is 5. The fourth-order valence-electron chi connectivity index (χ4n) is 4.45. The summed E-state index contributed by atoms with van der Waals surface area (Å²) in [5.74, 6) is 0.0431. The molecule has 0 aliphatic carbocycles. The van der Waals surface area contributed by atoms with Crippen molar-refractivity contribution < 1.29 is 4.79 Å². The lowest BCUT2D eigenvalue weighted by Crippen LogP contribution is -2.12. The highest BCUT2D eigenvalue weighted by Gasteiger charge is 2.11. The van der Waals surface area contributed by atoms with Crippen LogP contribution in [0.15, 0.2) is 84.9 Å². The number of aromatic nitrogens is 1. The molecule has 1 aromatic heterocycles. The molecule has 5 rings (SSSR count). The molecule has 0 bridgehead atoms. The Balaban J connectivity index is 1.37. The minimum Gasteiger partial charge on any atom is -0.341 e. The average molecular weight is 393 g/mol. The summed E-state index contributed by atoms with van der Waals surface area (Å²) in [6, 6.07) is 29.3. The molecule has 0 atom stereocenters. The summed E-state index contributed by atoms with van der Waals surface area (Å²) in [5.41, 5.74) is 4.50. The molecule has 148 valence electrons. The Labute approximate surface area is 175 Å². The molecule has 1 N–H and O–H groups in total. The van der Waals surface area contributed by atoms with Crippen LogP contribution < -0.4 is 5.32 Å². The number of carbonyl (C=O) groups excluding carboxylic acids is 1. The largest absolute Gasteiger partial charge is 0.341 e. The van der Waals surface area contributed by atoms with Crippen LogP contribution in [0.3, 0.4) is 0 Å². The highest BCUT2D eigenvalue weighted by atomic mass is 16.1. The van der Waals surface area contributed by atoms with Crippen LogP contribution in [0.1, 0.15) is 18.9 Å². The van der Waals surface area contributed by atoms with Crippen LogP contribution in [0.5, 0.6) is 0 Å². The number of nitrogens with one attached hydrogen (secondary N) is 1. The Morgan fingerprint density at radius 1 is 0.800 bits per heavy atom. The second kappa shape index (κ2) is 7.68. The Morgan fingerprint density at radius 2 is 1.53 bits per heavy atom. The molecule has 0 saturated carbocycles. The van der Waals surface area contributed by atoms with E-state index in [2.05, 4.69) is 83.5 Å². The number of para-hydroxylation sites is 1. The predicted molar refractivity (Wildman–Crippen MR) is 126 cm³/mol. The molecule has 0 radical (unpaired) electrons. The Morgan fingerprint density at radius 3 is 2.40 bits per heavy atom. The number of benzene rings is 4. The van der Waals surface area contributed by atoms with Crippen molar-refractivity contribution in [3.8, 4) is 0 Å². The molecule has 30 heavy (non-hydrogen) atoms. The zero-order chi connectivity index (χ0) is 20.5. The number of hydrogen-bond donors (Lipinski definition) is 1. The van der Waals surface area contributed by atoms with Crippen molar-refractivity contribution in [1.29, 1.82) is 0 Å². The van der Waals surface area contributed by atoms with Crippen molar-refractivity contribution in [2.24, 2.45) is 0 Å². The van der Waals surface area contributed by atoms with E-state index in [0.717, 1.165) is 18.7 Å². The van der Waals surface area contributed by atoms with E-state index in [-0.39, 0.29) is 5.91 Å². The van der Waals surface area contributed by atoms with Crippen LogP contribution >= 0.6 is 0 Å². The molecule has 5 aromatic rings. The first-order valence-electron chi connectivity index (χ1n) is 10.5. The van der Waals surface area contributed by atoms with E-state index in [9.17, 15) is 4.79 Å². The summed E-state index contributed by atoms with van der Waals surface area (Å²) in [7, 11) is 0. The summed E-state index contributed by atoms with van der Waals surface area (Å²) in [6.45, 7) is 3.08. The standard InChI is InChI=1S/C27H24N2O/c1-2-29-25-13-6-5-12-23(25)24-18-21(15-16-26(24)29)28-27(30)17-14-20-10-7-9-19-8-3-4-11-22(19)20/h3-13,15-16,18H,2,14,17H2,1H3,(H,28,30). The minimum atomic E-state index is 0.0431. The highest BCUT2D eigenvalue weighted by molar-refractivity contribution is 6.09. The average Bonchev–Trinajstić information content (AvgIpc) is 3.10. The molecule has 0 unspecified atom stereocenters. The van der Waals surface area contributed by atoms with Gasteiger partial charge in [-0.1, -0.05) is 60.7 Å². The maximum absolute atomic E-state index is 12.7. The maximum Gasteiger partial charge on any atom is 0.224 e. The van der Waals surface area contributed by atoms with Gasteiger partial charge in [-0.2, -0.15) is 0 Å². The molecule has 4 aromatic carbocycles. The predicted octanol–water partition coefficient (Wildman–Crippen LogP) is 6.54. The molecule has 3 heteroatoms. The van der Waals surface area contributed by atoms with E-state index < -0.39 is 0 Å². The summed E-state index contributed by atoms with van der Waals surface area (Å²) in [4.78, 5) is 12.7. The molecule has 0 aliphatic rings. The fraction of sp³-hybridized carbons (Fsp3) is 0.148. The van der Waals surface area contributed by atoms with Gasteiger partial charge in [0.25, 0.3) is 0 Å². The van der Waals surface area contributed by atoms with Crippen molar-refractivity contribution in [3.63, 3.8) is 0 Å². The smallest absolute Gasteiger partial charge is 0.224 e. The van der Waals surface area contributed by atoms with Crippen LogP contribution in [0.25, 0.3) is 32.6 Å². The quantitative estimate of drug-likeness (QED) is 0.362. The van der Waals surface area contributed by atoms with Crippen LogP contribution in [-0.2, 0) is 17.8 Å². The summed E-state index contributed by atoms with van der Waals surface area (Å²) in [6.07, 6.45) is 1.19. The van der Waals surface area contributed by atoms with Gasteiger partial charge < -0.3 is 9.88 Å². The number of carbonyl (C=O) groups is 1. The van der Waals surface area contributed by atoms with Crippen LogP contribution in [-0.4, -0.2) is 10.5 Å². The normalized spacial score (nSPS) is 11.4. The first-order valence-corrected chi connectivity index (χ1v) is 10.5. The van der Waals surface area contributed by atoms with E-state index in [4.69, 9.17) is 0 Å². The van der Waals surface area contributed by atoms with Gasteiger partial charge in [-0.05, 0) is 53.9 Å². The number of hydrogen-bond acceptors (Lipinski definition) is 1. The first kappa shape index (κ1) is 18.4. The van der Waals surface area contributed by atoms with Gasteiger partial charge in [0.1, 0.15) is 0 Å². The van der Waals surface area contributed by atoms with Gasteiger partial charge in [-0.25, -0.2) is 0 Å². The minimum absolute atomic E-state index is 0.0431. The zero-order valence-corrected chi connectivity index (χ0v) is 17.1. The lowest BCUT2D eigenvalue weighted by molar-refractivity contribution is -0.116. The Bertz CT molecular complexity index is 1370. The van der Waals surface area contributed by atoms with Gasteiger partial charge in [0.05, 0.1) is 0 Å². The van der Waals surface area contributed by atoms with Crippen LogP contribution in [0, 0.1) is 0 Å². The van der Waals surface area contributed by atoms with Crippen molar-refractivity contribution >= 4 is 44.2 Å². The van der Waals surface area contributed by atoms with Crippen LogP contribution in [0.4, 0.5) is 5.69 Å². The van der Waals surface area contributed by atoms with E-state index in [1.165, 1.54) is 38.1 Å². The molecule has 3 nitrogen and oxygen atoms in total. The molecule has 0 aliphatic heterocycles. The molecule has 0 spiro atoms. The van der Waals surface area contributed by atoms with Crippen molar-refractivity contribution in [3.05, 3.63) is 90.5 Å². The van der Waals surface area contributed by atoms with Crippen molar-refractivity contribution in [1.82, 2.24) is 4.57 Å². The van der Waals surface area contributed by atoms with Crippen molar-refractivity contribution in [2.45, 2.75) is 26.3 Å². The number of amides is 1. The molecular formula is C27H24N2O. The van der Waals surface area contributed by atoms with Gasteiger partial charge >= 0.3 is 0 Å². The van der Waals surface area contributed by atoms with Gasteiger partial charge in [0.2, 0.25) is 5.91 Å². The third-order valence-electron chi connectivity index (χ3n) is 5.87. The number of anilines is 1. The second-order valence-corrected chi connectivity index (χ2v) is 7.68. The maximum atomic E-state index is 12.7. The van der Waals surface area contributed by atoms with E-state index in [0.29, 0.717) is 6.42 Å². The first-order chi connectivity index (χ1) is 14.7. The number of fused-ring (bicyclic) bond motifs is 4.